The van der Waals surface area contributed by atoms with Gasteiger partial charge in [0.25, 0.3) is 0 Å². The molecule has 1 unspecified atom stereocenters. The minimum atomic E-state index is -0.726. The van der Waals surface area contributed by atoms with Gasteiger partial charge in [-0.15, -0.1) is 0 Å². The molecule has 120 valence electrons. The SMILES string of the molecule is Cc1ccc(C(OC(=O)Oc2ccccc2)c2ccccc2)cc1. The summed E-state index contributed by atoms with van der Waals surface area (Å²) in [5.41, 5.74) is 2.95. The van der Waals surface area contributed by atoms with Gasteiger partial charge in [0.05, 0.1) is 0 Å². The Hall–Kier alpha value is -3.07. The van der Waals surface area contributed by atoms with Crippen molar-refractivity contribution < 1.29 is 14.3 Å². The number of carbonyl (C=O) groups excluding carboxylic acids is 1. The Kier molecular flexibility index (Phi) is 4.92. The molecule has 0 N–H and O–H groups in total. The van der Waals surface area contributed by atoms with Crippen LogP contribution in [-0.2, 0) is 4.74 Å². The lowest BCUT2D eigenvalue weighted by Gasteiger charge is -2.18. The maximum absolute atomic E-state index is 12.2. The second-order valence-corrected chi connectivity index (χ2v) is 5.48. The molecular formula is C21H18O3. The van der Waals surface area contributed by atoms with Crippen LogP contribution < -0.4 is 4.74 Å². The molecule has 24 heavy (non-hydrogen) atoms. The van der Waals surface area contributed by atoms with Gasteiger partial charge in [0.1, 0.15) is 5.75 Å². The van der Waals surface area contributed by atoms with Gasteiger partial charge in [-0.1, -0.05) is 78.4 Å². The maximum atomic E-state index is 12.2. The summed E-state index contributed by atoms with van der Waals surface area (Å²) >= 11 is 0. The van der Waals surface area contributed by atoms with E-state index >= 15 is 0 Å². The molecule has 0 radical (unpaired) electrons. The van der Waals surface area contributed by atoms with Gasteiger partial charge in [0, 0.05) is 0 Å². The molecule has 0 saturated carbocycles. The van der Waals surface area contributed by atoms with Gasteiger partial charge in [-0.3, -0.25) is 0 Å². The van der Waals surface area contributed by atoms with Crippen molar-refractivity contribution in [3.63, 3.8) is 0 Å². The normalized spacial score (nSPS) is 11.5. The van der Waals surface area contributed by atoms with Crippen LogP contribution in [0.3, 0.4) is 0 Å². The van der Waals surface area contributed by atoms with Crippen LogP contribution in [0, 0.1) is 6.92 Å². The van der Waals surface area contributed by atoms with E-state index in [2.05, 4.69) is 0 Å². The zero-order valence-corrected chi connectivity index (χ0v) is 13.4. The summed E-state index contributed by atoms with van der Waals surface area (Å²) in [4.78, 5) is 12.2. The fourth-order valence-electron chi connectivity index (χ4n) is 2.40. The van der Waals surface area contributed by atoms with Crippen LogP contribution in [0.5, 0.6) is 5.75 Å². The van der Waals surface area contributed by atoms with E-state index in [0.717, 1.165) is 16.7 Å². The zero-order chi connectivity index (χ0) is 16.8. The van der Waals surface area contributed by atoms with Gasteiger partial charge in [0.15, 0.2) is 6.10 Å². The number of rotatable bonds is 4. The number of benzene rings is 3. The van der Waals surface area contributed by atoms with E-state index < -0.39 is 12.3 Å². The van der Waals surface area contributed by atoms with E-state index in [1.165, 1.54) is 0 Å². The molecule has 3 rings (SSSR count). The molecule has 0 bridgehead atoms. The van der Waals surface area contributed by atoms with Crippen molar-refractivity contribution >= 4 is 6.16 Å². The molecule has 3 aromatic carbocycles. The lowest BCUT2D eigenvalue weighted by molar-refractivity contribution is 0.0733. The Bertz CT molecular complexity index is 780. The van der Waals surface area contributed by atoms with Crippen molar-refractivity contribution in [2.24, 2.45) is 0 Å². The second kappa shape index (κ2) is 7.47. The van der Waals surface area contributed by atoms with Gasteiger partial charge in [-0.2, -0.15) is 0 Å². The molecule has 1 atom stereocenters. The van der Waals surface area contributed by atoms with Crippen molar-refractivity contribution in [1.82, 2.24) is 0 Å². The molecule has 0 saturated heterocycles. The number of aryl methyl sites for hydroxylation is 1. The Morgan fingerprint density at radius 3 is 1.92 bits per heavy atom. The number of hydrogen-bond acceptors (Lipinski definition) is 3. The summed E-state index contributed by atoms with van der Waals surface area (Å²) < 4.78 is 10.9. The molecular weight excluding hydrogens is 300 g/mol. The van der Waals surface area contributed by atoms with Gasteiger partial charge in [-0.25, -0.2) is 4.79 Å². The van der Waals surface area contributed by atoms with Crippen molar-refractivity contribution in [3.8, 4) is 5.75 Å². The molecule has 0 aliphatic rings. The minimum absolute atomic E-state index is 0.457. The fourth-order valence-corrected chi connectivity index (χ4v) is 2.40. The molecule has 0 fully saturated rings. The molecule has 3 heteroatoms. The lowest BCUT2D eigenvalue weighted by Crippen LogP contribution is -2.16. The number of carbonyl (C=O) groups is 1. The van der Waals surface area contributed by atoms with Crippen LogP contribution in [0.25, 0.3) is 0 Å². The summed E-state index contributed by atoms with van der Waals surface area (Å²) in [5, 5.41) is 0. The van der Waals surface area contributed by atoms with Gasteiger partial charge >= 0.3 is 6.16 Å². The topological polar surface area (TPSA) is 35.5 Å². The van der Waals surface area contributed by atoms with Gasteiger partial charge < -0.3 is 9.47 Å². The number of para-hydroxylation sites is 1. The standard InChI is InChI=1S/C21H18O3/c1-16-12-14-18(15-13-16)20(17-8-4-2-5-9-17)24-21(22)23-19-10-6-3-7-11-19/h2-15,20H,1H3. The Morgan fingerprint density at radius 1 is 0.750 bits per heavy atom. The first-order valence-corrected chi connectivity index (χ1v) is 7.77. The Balaban J connectivity index is 1.82. The molecule has 0 aliphatic carbocycles. The highest BCUT2D eigenvalue weighted by Crippen LogP contribution is 2.27. The predicted molar refractivity (Wildman–Crippen MR) is 93.0 cm³/mol. The van der Waals surface area contributed by atoms with Crippen LogP contribution in [0.1, 0.15) is 22.8 Å². The van der Waals surface area contributed by atoms with E-state index in [-0.39, 0.29) is 0 Å². The smallest absolute Gasteiger partial charge is 0.421 e. The molecule has 3 nitrogen and oxygen atoms in total. The maximum Gasteiger partial charge on any atom is 0.514 e. The van der Waals surface area contributed by atoms with E-state index in [1.54, 1.807) is 24.3 Å². The average Bonchev–Trinajstić information content (AvgIpc) is 2.62. The summed E-state index contributed by atoms with van der Waals surface area (Å²) in [6.07, 6.45) is -1.24. The molecule has 0 aromatic heterocycles. The van der Waals surface area contributed by atoms with E-state index in [0.29, 0.717) is 5.75 Å². The summed E-state index contributed by atoms with van der Waals surface area (Å²) in [6, 6.07) is 26.4. The van der Waals surface area contributed by atoms with Gasteiger partial charge in [-0.05, 0) is 30.2 Å². The zero-order valence-electron chi connectivity index (χ0n) is 13.4. The van der Waals surface area contributed by atoms with Crippen molar-refractivity contribution in [1.29, 1.82) is 0 Å². The van der Waals surface area contributed by atoms with E-state index in [1.807, 2.05) is 67.6 Å². The van der Waals surface area contributed by atoms with Crippen molar-refractivity contribution in [2.75, 3.05) is 0 Å². The predicted octanol–water partition coefficient (Wildman–Crippen LogP) is 5.30. The summed E-state index contributed by atoms with van der Waals surface area (Å²) in [5.74, 6) is 0.457. The molecule has 0 amide bonds. The first kappa shape index (κ1) is 15.8. The fraction of sp³-hybridized carbons (Fsp3) is 0.0952. The number of ether oxygens (including phenoxy) is 2. The average molecular weight is 318 g/mol. The summed E-state index contributed by atoms with van der Waals surface area (Å²) in [7, 11) is 0. The second-order valence-electron chi connectivity index (χ2n) is 5.48. The van der Waals surface area contributed by atoms with Crippen LogP contribution in [0.15, 0.2) is 84.9 Å². The van der Waals surface area contributed by atoms with Crippen LogP contribution in [0.2, 0.25) is 0 Å². The molecule has 0 aliphatic heterocycles. The molecule has 0 spiro atoms. The molecule has 3 aromatic rings. The van der Waals surface area contributed by atoms with Gasteiger partial charge in [0.2, 0.25) is 0 Å². The van der Waals surface area contributed by atoms with E-state index in [9.17, 15) is 4.79 Å². The van der Waals surface area contributed by atoms with Crippen LogP contribution in [-0.4, -0.2) is 6.16 Å². The first-order valence-electron chi connectivity index (χ1n) is 7.77. The lowest BCUT2D eigenvalue weighted by atomic mass is 10.0. The highest BCUT2D eigenvalue weighted by Gasteiger charge is 2.20. The Morgan fingerprint density at radius 2 is 1.29 bits per heavy atom. The van der Waals surface area contributed by atoms with Crippen LogP contribution in [0.4, 0.5) is 4.79 Å². The largest absolute Gasteiger partial charge is 0.514 e. The van der Waals surface area contributed by atoms with Crippen molar-refractivity contribution in [2.45, 2.75) is 13.0 Å². The van der Waals surface area contributed by atoms with E-state index in [4.69, 9.17) is 9.47 Å². The monoisotopic (exact) mass is 318 g/mol. The Labute approximate surface area is 141 Å². The third-order valence-corrected chi connectivity index (χ3v) is 3.64. The number of hydrogen-bond donors (Lipinski definition) is 0. The molecule has 0 heterocycles. The first-order chi connectivity index (χ1) is 11.7. The highest BCUT2D eigenvalue weighted by molar-refractivity contribution is 5.64. The minimum Gasteiger partial charge on any atom is -0.421 e. The van der Waals surface area contributed by atoms with Crippen LogP contribution >= 0.6 is 0 Å². The quantitative estimate of drug-likeness (QED) is 0.483. The summed E-state index contributed by atoms with van der Waals surface area (Å²) in [6.45, 7) is 2.02. The van der Waals surface area contributed by atoms with Crippen molar-refractivity contribution in [3.05, 3.63) is 102 Å². The third-order valence-electron chi connectivity index (χ3n) is 3.64. The highest BCUT2D eigenvalue weighted by atomic mass is 16.7. The third kappa shape index (κ3) is 4.02.